The minimum absolute atomic E-state index is 0.109. The maximum atomic E-state index is 13.0. The Labute approximate surface area is 163 Å². The van der Waals surface area contributed by atoms with Crippen LogP contribution >= 0.6 is 0 Å². The molecule has 0 atom stereocenters. The highest BCUT2D eigenvalue weighted by Crippen LogP contribution is 2.25. The van der Waals surface area contributed by atoms with Crippen molar-refractivity contribution in [3.05, 3.63) is 53.3 Å². The van der Waals surface area contributed by atoms with Crippen molar-refractivity contribution in [3.63, 3.8) is 0 Å². The lowest BCUT2D eigenvalue weighted by molar-refractivity contribution is -0.123. The SMILES string of the molecule is Cc1ccc(-c2ccnc3c(C(=O)N4CCC(C(N)=O)CC4)cnn23)cc1C. The number of piperidine rings is 1. The maximum Gasteiger partial charge on any atom is 0.259 e. The van der Waals surface area contributed by atoms with Crippen LogP contribution in [-0.2, 0) is 4.79 Å². The minimum Gasteiger partial charge on any atom is -0.369 e. The van der Waals surface area contributed by atoms with Crippen molar-refractivity contribution in [2.24, 2.45) is 11.7 Å². The molecule has 2 N–H and O–H groups in total. The Morgan fingerprint density at radius 1 is 1.11 bits per heavy atom. The minimum atomic E-state index is -0.289. The Hall–Kier alpha value is -3.22. The number of rotatable bonds is 3. The summed E-state index contributed by atoms with van der Waals surface area (Å²) in [4.78, 5) is 30.5. The monoisotopic (exact) mass is 377 g/mol. The van der Waals surface area contributed by atoms with Crippen molar-refractivity contribution < 1.29 is 9.59 Å². The van der Waals surface area contributed by atoms with Gasteiger partial charge in [-0.25, -0.2) is 9.50 Å². The number of nitrogens with zero attached hydrogens (tertiary/aromatic N) is 4. The summed E-state index contributed by atoms with van der Waals surface area (Å²) < 4.78 is 1.72. The molecule has 1 fully saturated rings. The van der Waals surface area contributed by atoms with E-state index in [-0.39, 0.29) is 17.7 Å². The molecular formula is C21H23N5O2. The molecule has 2 amide bonds. The zero-order valence-electron chi connectivity index (χ0n) is 16.1. The summed E-state index contributed by atoms with van der Waals surface area (Å²) in [7, 11) is 0. The summed E-state index contributed by atoms with van der Waals surface area (Å²) in [6, 6.07) is 8.14. The second-order valence-corrected chi connectivity index (χ2v) is 7.39. The molecule has 28 heavy (non-hydrogen) atoms. The van der Waals surface area contributed by atoms with E-state index in [1.54, 1.807) is 21.8 Å². The molecule has 7 nitrogen and oxygen atoms in total. The molecule has 4 rings (SSSR count). The van der Waals surface area contributed by atoms with Gasteiger partial charge in [-0.2, -0.15) is 5.10 Å². The summed E-state index contributed by atoms with van der Waals surface area (Å²) in [6.45, 7) is 5.18. The standard InChI is InChI=1S/C21H23N5O2/c1-13-3-4-16(11-14(13)2)18-5-8-23-20-17(12-24-26(18)20)21(28)25-9-6-15(7-10-25)19(22)27/h3-5,8,11-12,15H,6-7,9-10H2,1-2H3,(H2,22,27). The quantitative estimate of drug-likeness (QED) is 0.758. The van der Waals surface area contributed by atoms with Gasteiger partial charge in [0.1, 0.15) is 5.56 Å². The zero-order valence-corrected chi connectivity index (χ0v) is 16.1. The molecule has 2 aromatic heterocycles. The van der Waals surface area contributed by atoms with E-state index in [0.717, 1.165) is 11.3 Å². The molecule has 144 valence electrons. The number of aryl methyl sites for hydroxylation is 2. The number of carbonyl (C=O) groups is 2. The van der Waals surface area contributed by atoms with Crippen molar-refractivity contribution in [2.75, 3.05) is 13.1 Å². The van der Waals surface area contributed by atoms with E-state index in [1.165, 1.54) is 11.1 Å². The lowest BCUT2D eigenvalue weighted by atomic mass is 9.96. The van der Waals surface area contributed by atoms with E-state index >= 15 is 0 Å². The summed E-state index contributed by atoms with van der Waals surface area (Å²) in [5.41, 5.74) is 10.7. The van der Waals surface area contributed by atoms with Crippen LogP contribution in [-0.4, -0.2) is 44.4 Å². The molecule has 3 aromatic rings. The van der Waals surface area contributed by atoms with Crippen molar-refractivity contribution in [2.45, 2.75) is 26.7 Å². The highest BCUT2D eigenvalue weighted by atomic mass is 16.2. The summed E-state index contributed by atoms with van der Waals surface area (Å²) in [5, 5.41) is 4.44. The number of hydrogen-bond acceptors (Lipinski definition) is 4. The van der Waals surface area contributed by atoms with E-state index in [4.69, 9.17) is 5.73 Å². The average molecular weight is 377 g/mol. The van der Waals surface area contributed by atoms with Gasteiger partial charge in [-0.05, 0) is 49.9 Å². The molecule has 0 spiro atoms. The number of nitrogens with two attached hydrogens (primary N) is 1. The zero-order chi connectivity index (χ0) is 19.8. The van der Waals surface area contributed by atoms with Crippen LogP contribution in [0.2, 0.25) is 0 Å². The lowest BCUT2D eigenvalue weighted by Crippen LogP contribution is -2.41. The van der Waals surface area contributed by atoms with Gasteiger partial charge in [-0.15, -0.1) is 0 Å². The van der Waals surface area contributed by atoms with Gasteiger partial charge in [0.15, 0.2) is 5.65 Å². The molecule has 0 aliphatic carbocycles. The van der Waals surface area contributed by atoms with Gasteiger partial charge in [0.05, 0.1) is 11.9 Å². The van der Waals surface area contributed by atoms with E-state index in [9.17, 15) is 9.59 Å². The highest BCUT2D eigenvalue weighted by Gasteiger charge is 2.28. The van der Waals surface area contributed by atoms with Gasteiger partial charge >= 0.3 is 0 Å². The summed E-state index contributed by atoms with van der Waals surface area (Å²) >= 11 is 0. The van der Waals surface area contributed by atoms with Crippen molar-refractivity contribution in [3.8, 4) is 11.3 Å². The Kier molecular flexibility index (Phi) is 4.58. The smallest absolute Gasteiger partial charge is 0.259 e. The number of likely N-dealkylation sites (tertiary alicyclic amines) is 1. The number of fused-ring (bicyclic) bond motifs is 1. The summed E-state index contributed by atoms with van der Waals surface area (Å²) in [6.07, 6.45) is 4.48. The van der Waals surface area contributed by atoms with Crippen LogP contribution < -0.4 is 5.73 Å². The first-order chi connectivity index (χ1) is 13.5. The fourth-order valence-electron chi connectivity index (χ4n) is 3.70. The van der Waals surface area contributed by atoms with E-state index in [1.807, 2.05) is 6.07 Å². The van der Waals surface area contributed by atoms with Gasteiger partial charge in [-0.1, -0.05) is 12.1 Å². The molecule has 0 bridgehead atoms. The van der Waals surface area contributed by atoms with Crippen LogP contribution in [0.1, 0.15) is 34.3 Å². The fraction of sp³-hybridized carbons (Fsp3) is 0.333. The normalized spacial score (nSPS) is 15.1. The molecule has 7 heteroatoms. The first-order valence-electron chi connectivity index (χ1n) is 9.44. The van der Waals surface area contributed by atoms with E-state index in [2.05, 4.69) is 42.1 Å². The van der Waals surface area contributed by atoms with Gasteiger partial charge in [0.25, 0.3) is 5.91 Å². The van der Waals surface area contributed by atoms with Crippen LogP contribution in [0.5, 0.6) is 0 Å². The van der Waals surface area contributed by atoms with E-state index < -0.39 is 0 Å². The van der Waals surface area contributed by atoms with Crippen LogP contribution in [0.25, 0.3) is 16.9 Å². The van der Waals surface area contributed by atoms with Crippen molar-refractivity contribution >= 4 is 17.5 Å². The molecule has 0 radical (unpaired) electrons. The Morgan fingerprint density at radius 3 is 2.54 bits per heavy atom. The predicted molar refractivity (Wildman–Crippen MR) is 106 cm³/mol. The molecule has 1 saturated heterocycles. The van der Waals surface area contributed by atoms with Crippen LogP contribution in [0, 0.1) is 19.8 Å². The first-order valence-corrected chi connectivity index (χ1v) is 9.44. The fourth-order valence-corrected chi connectivity index (χ4v) is 3.70. The number of hydrogen-bond donors (Lipinski definition) is 1. The van der Waals surface area contributed by atoms with Gasteiger partial charge in [0, 0.05) is 30.8 Å². The lowest BCUT2D eigenvalue weighted by Gasteiger charge is -2.30. The van der Waals surface area contributed by atoms with Gasteiger partial charge in [0.2, 0.25) is 5.91 Å². The number of benzene rings is 1. The van der Waals surface area contributed by atoms with Gasteiger partial charge < -0.3 is 10.6 Å². The Bertz CT molecular complexity index is 1060. The first kappa shape index (κ1) is 18.2. The van der Waals surface area contributed by atoms with Crippen LogP contribution in [0.4, 0.5) is 0 Å². The van der Waals surface area contributed by atoms with Crippen molar-refractivity contribution in [1.82, 2.24) is 19.5 Å². The van der Waals surface area contributed by atoms with Gasteiger partial charge in [-0.3, -0.25) is 9.59 Å². The molecule has 3 heterocycles. The topological polar surface area (TPSA) is 93.6 Å². The largest absolute Gasteiger partial charge is 0.369 e. The molecule has 1 aromatic carbocycles. The Morgan fingerprint density at radius 2 is 1.86 bits per heavy atom. The third-order valence-corrected chi connectivity index (χ3v) is 5.62. The molecular weight excluding hydrogens is 354 g/mol. The number of amides is 2. The van der Waals surface area contributed by atoms with Crippen molar-refractivity contribution in [1.29, 1.82) is 0 Å². The van der Waals surface area contributed by atoms with Crippen LogP contribution in [0.15, 0.2) is 36.7 Å². The van der Waals surface area contributed by atoms with E-state index in [0.29, 0.717) is 37.1 Å². The third kappa shape index (κ3) is 3.13. The average Bonchev–Trinajstić information content (AvgIpc) is 3.14. The number of primary amides is 1. The second-order valence-electron chi connectivity index (χ2n) is 7.39. The molecule has 0 unspecified atom stereocenters. The van der Waals surface area contributed by atoms with Crippen LogP contribution in [0.3, 0.4) is 0 Å². The summed E-state index contributed by atoms with van der Waals surface area (Å²) in [5.74, 6) is -0.548. The second kappa shape index (κ2) is 7.07. The number of aromatic nitrogens is 3. The maximum absolute atomic E-state index is 13.0. The third-order valence-electron chi connectivity index (χ3n) is 5.62. The molecule has 1 aliphatic heterocycles. The molecule has 1 aliphatic rings. The number of carbonyl (C=O) groups excluding carboxylic acids is 2. The Balaban J connectivity index is 1.66. The predicted octanol–water partition coefficient (Wildman–Crippen LogP) is 2.35. The highest BCUT2D eigenvalue weighted by molar-refractivity contribution is 6.00. The molecule has 0 saturated carbocycles.